The number of halogens is 1. The van der Waals surface area contributed by atoms with Gasteiger partial charge in [0.15, 0.2) is 0 Å². The molecular formula is C18H18FN3O3. The van der Waals surface area contributed by atoms with Gasteiger partial charge in [-0.15, -0.1) is 0 Å². The van der Waals surface area contributed by atoms with Crippen LogP contribution < -0.4 is 5.32 Å². The summed E-state index contributed by atoms with van der Waals surface area (Å²) in [5, 5.41) is 17.7. The highest BCUT2D eigenvalue weighted by Crippen LogP contribution is 2.28. The molecule has 1 aliphatic carbocycles. The van der Waals surface area contributed by atoms with Gasteiger partial charge in [0.2, 0.25) is 0 Å². The second-order valence-electron chi connectivity index (χ2n) is 6.50. The monoisotopic (exact) mass is 343 g/mol. The number of carbonyl (C=O) groups excluding carboxylic acids is 1. The van der Waals surface area contributed by atoms with Gasteiger partial charge in [0, 0.05) is 24.3 Å². The Kier molecular flexibility index (Phi) is 4.01. The summed E-state index contributed by atoms with van der Waals surface area (Å²) in [6.45, 7) is 0.705. The highest BCUT2D eigenvalue weighted by molar-refractivity contribution is 6.06. The number of rotatable bonds is 4. The average Bonchev–Trinajstić information content (AvgIpc) is 3.29. The highest BCUT2D eigenvalue weighted by atomic mass is 19.1. The van der Waals surface area contributed by atoms with Crippen LogP contribution >= 0.6 is 0 Å². The Morgan fingerprint density at radius 1 is 1.44 bits per heavy atom. The normalized spacial score (nSPS) is 23.2. The molecule has 1 unspecified atom stereocenters. The molecule has 3 atom stereocenters. The fourth-order valence-electron chi connectivity index (χ4n) is 3.52. The van der Waals surface area contributed by atoms with Gasteiger partial charge in [-0.05, 0) is 43.0 Å². The van der Waals surface area contributed by atoms with E-state index in [-0.39, 0.29) is 23.4 Å². The molecule has 0 bridgehead atoms. The topological polar surface area (TPSA) is 80.3 Å². The van der Waals surface area contributed by atoms with Crippen LogP contribution in [0.5, 0.6) is 0 Å². The van der Waals surface area contributed by atoms with Crippen LogP contribution in [0.25, 0.3) is 11.0 Å². The number of nitrogens with one attached hydrogen (secondary N) is 1. The van der Waals surface area contributed by atoms with Gasteiger partial charge in [-0.25, -0.2) is 4.39 Å². The Hall–Kier alpha value is -2.67. The van der Waals surface area contributed by atoms with Crippen molar-refractivity contribution in [1.82, 2.24) is 15.1 Å². The van der Waals surface area contributed by atoms with E-state index in [9.17, 15) is 14.3 Å². The maximum atomic E-state index is 13.4. The van der Waals surface area contributed by atoms with E-state index in [0.717, 1.165) is 0 Å². The lowest BCUT2D eigenvalue weighted by Crippen LogP contribution is -2.39. The van der Waals surface area contributed by atoms with E-state index in [1.165, 1.54) is 24.5 Å². The summed E-state index contributed by atoms with van der Waals surface area (Å²) in [5.74, 6) is -0.560. The summed E-state index contributed by atoms with van der Waals surface area (Å²) in [6, 6.07) is 5.57. The molecule has 1 fully saturated rings. The highest BCUT2D eigenvalue weighted by Gasteiger charge is 2.34. The summed E-state index contributed by atoms with van der Waals surface area (Å²) >= 11 is 0. The van der Waals surface area contributed by atoms with E-state index in [0.29, 0.717) is 30.4 Å². The molecule has 6 nitrogen and oxygen atoms in total. The van der Waals surface area contributed by atoms with E-state index in [1.54, 1.807) is 6.20 Å². The lowest BCUT2D eigenvalue weighted by atomic mass is 10.1. The number of nitrogens with zero attached hydrogens (tertiary/aromatic N) is 2. The second kappa shape index (κ2) is 6.33. The molecule has 0 saturated heterocycles. The second-order valence-corrected chi connectivity index (χ2v) is 6.50. The first-order chi connectivity index (χ1) is 12.1. The summed E-state index contributed by atoms with van der Waals surface area (Å²) in [6.07, 6.45) is 5.57. The number of aliphatic hydroxyl groups is 1. The van der Waals surface area contributed by atoms with Crippen molar-refractivity contribution in [1.29, 1.82) is 0 Å². The van der Waals surface area contributed by atoms with Crippen molar-refractivity contribution >= 4 is 16.9 Å². The molecule has 0 radical (unpaired) electrons. The quantitative estimate of drug-likeness (QED) is 0.762. The Morgan fingerprint density at radius 3 is 3.12 bits per heavy atom. The van der Waals surface area contributed by atoms with E-state index in [4.69, 9.17) is 4.42 Å². The minimum atomic E-state index is -0.612. The smallest absolute Gasteiger partial charge is 0.255 e. The third kappa shape index (κ3) is 3.15. The fourth-order valence-corrected chi connectivity index (χ4v) is 3.52. The maximum absolute atomic E-state index is 13.4. The van der Waals surface area contributed by atoms with Crippen molar-refractivity contribution in [3.63, 3.8) is 0 Å². The van der Waals surface area contributed by atoms with Crippen LogP contribution in [-0.2, 0) is 6.54 Å². The summed E-state index contributed by atoms with van der Waals surface area (Å²) in [4.78, 5) is 12.5. The number of carbonyl (C=O) groups is 1. The van der Waals surface area contributed by atoms with E-state index < -0.39 is 11.9 Å². The third-order valence-corrected chi connectivity index (χ3v) is 4.73. The zero-order valence-corrected chi connectivity index (χ0v) is 13.4. The molecule has 2 heterocycles. The van der Waals surface area contributed by atoms with Crippen LogP contribution in [0.1, 0.15) is 23.2 Å². The van der Waals surface area contributed by atoms with E-state index in [1.807, 2.05) is 16.9 Å². The fraction of sp³-hybridized carbons (Fsp3) is 0.333. The average molecular weight is 343 g/mol. The number of furan rings is 1. The van der Waals surface area contributed by atoms with Crippen LogP contribution in [0.15, 0.2) is 47.3 Å². The molecular weight excluding hydrogens is 325 g/mol. The van der Waals surface area contributed by atoms with Crippen LogP contribution in [0.2, 0.25) is 0 Å². The summed E-state index contributed by atoms with van der Waals surface area (Å²) in [5.41, 5.74) is 0.729. The molecule has 4 rings (SSSR count). The first kappa shape index (κ1) is 15.8. The van der Waals surface area contributed by atoms with Gasteiger partial charge in [0.25, 0.3) is 5.91 Å². The predicted octanol–water partition coefficient (Wildman–Crippen LogP) is 2.34. The minimum absolute atomic E-state index is 0.235. The molecule has 2 aromatic heterocycles. The largest absolute Gasteiger partial charge is 0.463 e. The molecule has 2 N–H and O–H groups in total. The lowest BCUT2D eigenvalue weighted by molar-refractivity contribution is 0.0873. The zero-order valence-electron chi connectivity index (χ0n) is 13.4. The van der Waals surface area contributed by atoms with Crippen LogP contribution in [0, 0.1) is 11.7 Å². The molecule has 3 aromatic rings. The van der Waals surface area contributed by atoms with E-state index >= 15 is 0 Å². The van der Waals surface area contributed by atoms with Gasteiger partial charge in [-0.2, -0.15) is 5.10 Å². The van der Waals surface area contributed by atoms with E-state index in [2.05, 4.69) is 10.4 Å². The van der Waals surface area contributed by atoms with Crippen molar-refractivity contribution in [3.05, 3.63) is 54.3 Å². The lowest BCUT2D eigenvalue weighted by Gasteiger charge is -2.16. The zero-order chi connectivity index (χ0) is 17.4. The molecule has 0 spiro atoms. The molecule has 0 aliphatic heterocycles. The number of benzene rings is 1. The van der Waals surface area contributed by atoms with Gasteiger partial charge in [0.05, 0.1) is 17.7 Å². The number of hydrogen-bond donors (Lipinski definition) is 2. The van der Waals surface area contributed by atoms with Gasteiger partial charge in [-0.3, -0.25) is 9.48 Å². The maximum Gasteiger partial charge on any atom is 0.255 e. The first-order valence-electron chi connectivity index (χ1n) is 8.23. The van der Waals surface area contributed by atoms with Crippen molar-refractivity contribution in [2.45, 2.75) is 31.5 Å². The standard InChI is InChI=1S/C18H18FN3O3/c19-12-2-3-17-13(8-12)14(10-25-17)18(24)21-15-6-11(7-16(15)23)9-22-5-1-4-20-22/h1-5,8,10-11,15-16,23H,6-7,9H2,(H,21,24)/t11?,15-,16-/m1/s1. The first-order valence-corrected chi connectivity index (χ1v) is 8.23. The molecule has 1 saturated carbocycles. The number of amides is 1. The molecule has 1 aliphatic rings. The molecule has 25 heavy (non-hydrogen) atoms. The van der Waals surface area contributed by atoms with Crippen molar-refractivity contribution in [2.24, 2.45) is 5.92 Å². The van der Waals surface area contributed by atoms with Crippen molar-refractivity contribution in [2.75, 3.05) is 0 Å². The molecule has 1 aromatic carbocycles. The van der Waals surface area contributed by atoms with Crippen molar-refractivity contribution in [3.8, 4) is 0 Å². The van der Waals surface area contributed by atoms with Gasteiger partial charge >= 0.3 is 0 Å². The third-order valence-electron chi connectivity index (χ3n) is 4.73. The van der Waals surface area contributed by atoms with Gasteiger partial charge < -0.3 is 14.8 Å². The van der Waals surface area contributed by atoms with Gasteiger partial charge in [0.1, 0.15) is 17.7 Å². The van der Waals surface area contributed by atoms with Crippen LogP contribution in [-0.4, -0.2) is 32.9 Å². The molecule has 130 valence electrons. The van der Waals surface area contributed by atoms with Crippen LogP contribution in [0.4, 0.5) is 4.39 Å². The number of hydrogen-bond acceptors (Lipinski definition) is 4. The Morgan fingerprint density at radius 2 is 2.32 bits per heavy atom. The number of fused-ring (bicyclic) bond motifs is 1. The predicted molar refractivity (Wildman–Crippen MR) is 88.4 cm³/mol. The minimum Gasteiger partial charge on any atom is -0.463 e. The molecule has 1 amide bonds. The Bertz CT molecular complexity index is 890. The van der Waals surface area contributed by atoms with Gasteiger partial charge in [-0.1, -0.05) is 0 Å². The van der Waals surface area contributed by atoms with Crippen molar-refractivity contribution < 1.29 is 18.7 Å². The Labute approximate surface area is 143 Å². The number of aromatic nitrogens is 2. The number of aliphatic hydroxyl groups excluding tert-OH is 1. The summed E-state index contributed by atoms with van der Waals surface area (Å²) < 4.78 is 20.6. The Balaban J connectivity index is 1.45. The molecule has 7 heteroatoms. The summed E-state index contributed by atoms with van der Waals surface area (Å²) in [7, 11) is 0. The van der Waals surface area contributed by atoms with Crippen LogP contribution in [0.3, 0.4) is 0 Å². The SMILES string of the molecule is O=C(N[C@@H]1CC(Cn2cccn2)C[C@H]1O)c1coc2ccc(F)cc12.